The Balaban J connectivity index is 1.48. The second kappa shape index (κ2) is 9.31. The average molecular weight is 480 g/mol. The van der Waals surface area contributed by atoms with Gasteiger partial charge in [0.05, 0.1) is 11.7 Å². The molecule has 0 spiro atoms. The van der Waals surface area contributed by atoms with Gasteiger partial charge in [0, 0.05) is 16.6 Å². The lowest BCUT2D eigenvalue weighted by Crippen LogP contribution is -2.31. The number of rotatable bonds is 5. The van der Waals surface area contributed by atoms with E-state index in [4.69, 9.17) is 0 Å². The molecule has 1 unspecified atom stereocenters. The molecular formula is C29H25N3O2S. The second-order valence-corrected chi connectivity index (χ2v) is 9.57. The molecule has 174 valence electrons. The van der Waals surface area contributed by atoms with E-state index in [0.29, 0.717) is 10.2 Å². The molecule has 3 aromatic carbocycles. The molecule has 1 N–H and O–H groups in total. The number of carbonyl (C=O) groups excluding carboxylic acids is 1. The third-order valence-electron chi connectivity index (χ3n) is 6.27. The van der Waals surface area contributed by atoms with Crippen molar-refractivity contribution in [3.05, 3.63) is 106 Å². The monoisotopic (exact) mass is 479 g/mol. The number of thiophene rings is 1. The van der Waals surface area contributed by atoms with Crippen LogP contribution < -0.4 is 10.9 Å². The molecule has 0 saturated carbocycles. The van der Waals surface area contributed by atoms with Crippen molar-refractivity contribution in [3.8, 4) is 22.3 Å². The predicted molar refractivity (Wildman–Crippen MR) is 144 cm³/mol. The number of aromatic nitrogens is 2. The minimum Gasteiger partial charge on any atom is -0.324 e. The third-order valence-corrected chi connectivity index (χ3v) is 7.16. The number of carbonyl (C=O) groups is 1. The van der Waals surface area contributed by atoms with Crippen molar-refractivity contribution < 1.29 is 4.79 Å². The molecule has 2 heterocycles. The topological polar surface area (TPSA) is 64.0 Å². The second-order valence-electron chi connectivity index (χ2n) is 8.71. The predicted octanol–water partition coefficient (Wildman–Crippen LogP) is 6.61. The number of nitrogens with one attached hydrogen (secondary N) is 1. The minimum atomic E-state index is -0.715. The SMILES string of the molecule is Cc1ccc(C)c(NC(=O)C(C)n2cnc3scc(-c4ccc(-c5ccccc5)cc4)c3c2=O)c1. The normalized spacial score (nSPS) is 12.0. The molecule has 1 atom stereocenters. The molecule has 6 heteroatoms. The summed E-state index contributed by atoms with van der Waals surface area (Å²) in [7, 11) is 0. The highest BCUT2D eigenvalue weighted by Gasteiger charge is 2.21. The average Bonchev–Trinajstić information content (AvgIpc) is 3.32. The number of amides is 1. The summed E-state index contributed by atoms with van der Waals surface area (Å²) in [6.07, 6.45) is 1.47. The van der Waals surface area contributed by atoms with E-state index in [1.165, 1.54) is 22.2 Å². The summed E-state index contributed by atoms with van der Waals surface area (Å²) in [5.74, 6) is -0.258. The molecule has 0 fully saturated rings. The van der Waals surface area contributed by atoms with Crippen LogP contribution in [0.5, 0.6) is 0 Å². The molecule has 5 aromatic rings. The van der Waals surface area contributed by atoms with E-state index in [1.54, 1.807) is 6.92 Å². The van der Waals surface area contributed by atoms with Crippen LogP contribution in [-0.2, 0) is 4.79 Å². The molecule has 0 aliphatic heterocycles. The Labute approximate surface area is 207 Å². The Morgan fingerprint density at radius 3 is 2.37 bits per heavy atom. The van der Waals surface area contributed by atoms with E-state index < -0.39 is 6.04 Å². The molecule has 2 aromatic heterocycles. The lowest BCUT2D eigenvalue weighted by molar-refractivity contribution is -0.118. The van der Waals surface area contributed by atoms with Gasteiger partial charge in [0.2, 0.25) is 5.91 Å². The van der Waals surface area contributed by atoms with Crippen LogP contribution in [0.15, 0.2) is 89.3 Å². The van der Waals surface area contributed by atoms with Crippen LogP contribution in [0.25, 0.3) is 32.5 Å². The third kappa shape index (κ3) is 4.40. The van der Waals surface area contributed by atoms with Gasteiger partial charge in [-0.3, -0.25) is 14.2 Å². The van der Waals surface area contributed by atoms with Crippen LogP contribution in [0.1, 0.15) is 24.1 Å². The van der Waals surface area contributed by atoms with Crippen molar-refractivity contribution in [3.63, 3.8) is 0 Å². The summed E-state index contributed by atoms with van der Waals surface area (Å²) in [6.45, 7) is 5.64. The van der Waals surface area contributed by atoms with Gasteiger partial charge in [0.15, 0.2) is 0 Å². The van der Waals surface area contributed by atoms with Crippen LogP contribution in [0.3, 0.4) is 0 Å². The van der Waals surface area contributed by atoms with Crippen molar-refractivity contribution in [2.45, 2.75) is 26.8 Å². The van der Waals surface area contributed by atoms with E-state index in [-0.39, 0.29) is 11.5 Å². The van der Waals surface area contributed by atoms with Gasteiger partial charge in [-0.25, -0.2) is 4.98 Å². The molecule has 1 amide bonds. The zero-order valence-electron chi connectivity index (χ0n) is 19.8. The number of aryl methyl sites for hydroxylation is 2. The number of benzene rings is 3. The lowest BCUT2D eigenvalue weighted by Gasteiger charge is -2.16. The molecule has 0 saturated heterocycles. The van der Waals surface area contributed by atoms with Gasteiger partial charge in [-0.05, 0) is 54.7 Å². The summed E-state index contributed by atoms with van der Waals surface area (Å²) in [4.78, 5) is 31.7. The number of nitrogens with zero attached hydrogens (tertiary/aromatic N) is 2. The fraction of sp³-hybridized carbons (Fsp3) is 0.138. The standard InChI is InChI=1S/C29H25N3O2S/c1-18-9-10-19(2)25(15-18)31-27(33)20(3)32-17-30-28-26(29(32)34)24(16-35-28)23-13-11-22(12-14-23)21-7-5-4-6-8-21/h4-17,20H,1-3H3,(H,31,33). The van der Waals surface area contributed by atoms with E-state index in [1.807, 2.05) is 67.8 Å². The van der Waals surface area contributed by atoms with Crippen LogP contribution in [0.2, 0.25) is 0 Å². The first-order valence-corrected chi connectivity index (χ1v) is 12.3. The molecule has 5 nitrogen and oxygen atoms in total. The maximum atomic E-state index is 13.5. The maximum absolute atomic E-state index is 13.5. The zero-order valence-corrected chi connectivity index (χ0v) is 20.6. The highest BCUT2D eigenvalue weighted by Crippen LogP contribution is 2.32. The van der Waals surface area contributed by atoms with Crippen LogP contribution in [0.4, 0.5) is 5.69 Å². The fourth-order valence-electron chi connectivity index (χ4n) is 4.14. The quantitative estimate of drug-likeness (QED) is 0.309. The van der Waals surface area contributed by atoms with Crippen molar-refractivity contribution in [2.75, 3.05) is 5.32 Å². The highest BCUT2D eigenvalue weighted by molar-refractivity contribution is 7.17. The molecular weight excluding hydrogens is 454 g/mol. The summed E-state index contributed by atoms with van der Waals surface area (Å²) in [5, 5.41) is 5.46. The van der Waals surface area contributed by atoms with Crippen LogP contribution in [0, 0.1) is 13.8 Å². The van der Waals surface area contributed by atoms with Crippen LogP contribution >= 0.6 is 11.3 Å². The minimum absolute atomic E-state index is 0.220. The highest BCUT2D eigenvalue weighted by atomic mass is 32.1. The van der Waals surface area contributed by atoms with Gasteiger partial charge >= 0.3 is 0 Å². The maximum Gasteiger partial charge on any atom is 0.263 e. The van der Waals surface area contributed by atoms with Gasteiger partial charge in [0.1, 0.15) is 10.9 Å². The van der Waals surface area contributed by atoms with Crippen molar-refractivity contribution in [1.82, 2.24) is 9.55 Å². The van der Waals surface area contributed by atoms with Crippen LogP contribution in [-0.4, -0.2) is 15.5 Å². The van der Waals surface area contributed by atoms with Gasteiger partial charge in [-0.15, -0.1) is 11.3 Å². The molecule has 0 aliphatic rings. The Morgan fingerprint density at radius 2 is 1.63 bits per heavy atom. The zero-order chi connectivity index (χ0) is 24.5. The summed E-state index contributed by atoms with van der Waals surface area (Å²) >= 11 is 1.43. The van der Waals surface area contributed by atoms with Crippen molar-refractivity contribution >= 4 is 33.1 Å². The molecule has 0 bridgehead atoms. The summed E-state index contributed by atoms with van der Waals surface area (Å²) in [5.41, 5.74) is 6.58. The lowest BCUT2D eigenvalue weighted by atomic mass is 10.0. The Bertz CT molecular complexity index is 1580. The first kappa shape index (κ1) is 22.7. The fourth-order valence-corrected chi connectivity index (χ4v) is 5.05. The summed E-state index contributed by atoms with van der Waals surface area (Å²) in [6, 6.07) is 23.5. The first-order chi connectivity index (χ1) is 16.9. The first-order valence-electron chi connectivity index (χ1n) is 11.4. The molecule has 5 rings (SSSR count). The van der Waals surface area contributed by atoms with Crippen molar-refractivity contribution in [2.24, 2.45) is 0 Å². The van der Waals surface area contributed by atoms with E-state index in [9.17, 15) is 9.59 Å². The smallest absolute Gasteiger partial charge is 0.263 e. The number of hydrogen-bond acceptors (Lipinski definition) is 4. The van der Waals surface area contributed by atoms with Gasteiger partial charge in [-0.1, -0.05) is 66.7 Å². The Hall–Kier alpha value is -4.03. The molecule has 0 radical (unpaired) electrons. The van der Waals surface area contributed by atoms with E-state index >= 15 is 0 Å². The number of anilines is 1. The Morgan fingerprint density at radius 1 is 0.943 bits per heavy atom. The van der Waals surface area contributed by atoms with Gasteiger partial charge in [-0.2, -0.15) is 0 Å². The van der Waals surface area contributed by atoms with Crippen molar-refractivity contribution in [1.29, 1.82) is 0 Å². The molecule has 0 aliphatic carbocycles. The van der Waals surface area contributed by atoms with Gasteiger partial charge in [0.25, 0.3) is 5.56 Å². The number of hydrogen-bond donors (Lipinski definition) is 1. The Kier molecular flexibility index (Phi) is 6.05. The number of fused-ring (bicyclic) bond motifs is 1. The largest absolute Gasteiger partial charge is 0.324 e. The summed E-state index contributed by atoms with van der Waals surface area (Å²) < 4.78 is 1.41. The van der Waals surface area contributed by atoms with E-state index in [2.05, 4.69) is 34.6 Å². The van der Waals surface area contributed by atoms with Gasteiger partial charge < -0.3 is 5.32 Å². The molecule has 35 heavy (non-hydrogen) atoms. The van der Waals surface area contributed by atoms with E-state index in [0.717, 1.165) is 39.1 Å².